The zero-order valence-electron chi connectivity index (χ0n) is 26.0. The van der Waals surface area contributed by atoms with Crippen LogP contribution in [0.5, 0.6) is 0 Å². The van der Waals surface area contributed by atoms with Gasteiger partial charge in [0.05, 0.1) is 11.1 Å². The Morgan fingerprint density at radius 2 is 0.955 bits per heavy atom. The largest absolute Gasteiger partial charge is 0.714 e. The van der Waals surface area contributed by atoms with Crippen molar-refractivity contribution in [1.29, 1.82) is 0 Å². The van der Waals surface area contributed by atoms with Gasteiger partial charge in [0, 0.05) is 35.2 Å². The number of aromatic nitrogens is 5. The van der Waals surface area contributed by atoms with Crippen LogP contribution in [0.2, 0.25) is 0 Å². The van der Waals surface area contributed by atoms with E-state index in [0.29, 0.717) is 22.8 Å². The summed E-state index contributed by atoms with van der Waals surface area (Å²) < 4.78 is 4.65. The summed E-state index contributed by atoms with van der Waals surface area (Å²) in [7, 11) is 0. The maximum atomic E-state index is 13.7. The molecule has 2 aliphatic heterocycles. The molecule has 0 aliphatic carbocycles. The zero-order chi connectivity index (χ0) is 32.0. The Hall–Kier alpha value is -4.75. The molecule has 13 nitrogen and oxygen atoms in total. The van der Waals surface area contributed by atoms with Gasteiger partial charge in [-0.15, -0.1) is 0 Å². The molecule has 2 aliphatic rings. The van der Waals surface area contributed by atoms with Crippen molar-refractivity contribution in [2.24, 2.45) is 0 Å². The average Bonchev–Trinajstić information content (AvgIpc) is 3.75. The molecule has 0 spiro atoms. The third-order valence-corrected chi connectivity index (χ3v) is 9.85. The summed E-state index contributed by atoms with van der Waals surface area (Å²) in [5, 5.41) is 65.1. The molecular weight excluding hydrogens is 562 g/mol. The van der Waals surface area contributed by atoms with Crippen molar-refractivity contribution in [2.45, 2.75) is 77.5 Å². The van der Waals surface area contributed by atoms with Crippen LogP contribution < -0.4 is 0 Å². The minimum absolute atomic E-state index is 0.108. The van der Waals surface area contributed by atoms with Crippen LogP contribution >= 0.6 is 0 Å². The molecule has 0 bridgehead atoms. The normalized spacial score (nSPS) is 20.2. The molecule has 4 aromatic rings. The lowest BCUT2D eigenvalue weighted by Crippen LogP contribution is -2.53. The van der Waals surface area contributed by atoms with Crippen LogP contribution in [-0.2, 0) is 10.4 Å². The third-order valence-electron chi connectivity index (χ3n) is 9.85. The summed E-state index contributed by atoms with van der Waals surface area (Å²) in [6.07, 6.45) is 6.79. The van der Waals surface area contributed by atoms with Gasteiger partial charge < -0.3 is 10.4 Å². The van der Waals surface area contributed by atoms with Crippen molar-refractivity contribution in [1.82, 2.24) is 34.7 Å². The molecule has 0 saturated carbocycles. The molecule has 1 aromatic carbocycles. The van der Waals surface area contributed by atoms with Gasteiger partial charge in [-0.25, -0.2) is 14.3 Å². The van der Waals surface area contributed by atoms with E-state index in [1.807, 2.05) is 0 Å². The Balaban J connectivity index is 1.65. The Bertz CT molecular complexity index is 1700. The number of amidine groups is 2. The van der Waals surface area contributed by atoms with E-state index in [1.165, 1.54) is 0 Å². The molecule has 0 fully saturated rings. The molecule has 0 atom stereocenters. The molecular formula is C31H35N9O4. The number of nitrogens with zero attached hydrogens (tertiary/aromatic N) is 9. The molecule has 3 aromatic heterocycles. The lowest BCUT2D eigenvalue weighted by molar-refractivity contribution is -0.539. The van der Waals surface area contributed by atoms with Crippen LogP contribution in [-0.4, -0.2) is 78.0 Å². The smallest absolute Gasteiger partial charge is 0.316 e. The second kappa shape index (κ2) is 9.37. The summed E-state index contributed by atoms with van der Waals surface area (Å²) in [5.41, 5.74) is -2.55. The summed E-state index contributed by atoms with van der Waals surface area (Å²) in [5.74, 6) is 0.763. The summed E-state index contributed by atoms with van der Waals surface area (Å²) >= 11 is 0. The van der Waals surface area contributed by atoms with Crippen molar-refractivity contribution in [2.75, 3.05) is 0 Å². The first-order valence-corrected chi connectivity index (χ1v) is 14.3. The third kappa shape index (κ3) is 3.95. The minimum Gasteiger partial charge on any atom is -0.714 e. The van der Waals surface area contributed by atoms with Crippen LogP contribution in [0.1, 0.15) is 66.5 Å². The zero-order valence-corrected chi connectivity index (χ0v) is 26.0. The van der Waals surface area contributed by atoms with Crippen molar-refractivity contribution >= 4 is 11.7 Å². The summed E-state index contributed by atoms with van der Waals surface area (Å²) in [6, 6.07) is 12.2. The lowest BCUT2D eigenvalue weighted by atomic mass is 9.84. The van der Waals surface area contributed by atoms with Crippen LogP contribution in [0.4, 0.5) is 0 Å². The first kappa shape index (κ1) is 29.3. The second-order valence-electron chi connectivity index (χ2n) is 13.3. The highest BCUT2D eigenvalue weighted by molar-refractivity contribution is 6.03. The van der Waals surface area contributed by atoms with Gasteiger partial charge in [-0.2, -0.15) is 10.2 Å². The fourth-order valence-corrected chi connectivity index (χ4v) is 5.45. The first-order valence-electron chi connectivity index (χ1n) is 14.3. The van der Waals surface area contributed by atoms with E-state index in [4.69, 9.17) is 4.98 Å². The highest BCUT2D eigenvalue weighted by Gasteiger charge is 2.61. The molecule has 0 saturated heterocycles. The van der Waals surface area contributed by atoms with Gasteiger partial charge in [0.2, 0.25) is 0 Å². The fraction of sp³-hybridized carbons (Fsp3) is 0.387. The van der Waals surface area contributed by atoms with Crippen molar-refractivity contribution in [3.8, 4) is 22.8 Å². The predicted octanol–water partition coefficient (Wildman–Crippen LogP) is 4.07. The van der Waals surface area contributed by atoms with Crippen molar-refractivity contribution in [3.05, 3.63) is 88.8 Å². The standard InChI is InChI=1S/C31H35N9O4/c1-28(2)29(3,4)38(42)26(37(28)41)22-15-20(16-23(17-22)27-39(43)30(5,6)31(7,8)40(27)44)21-18-24(35-13-9-11-32-35)34-25(19-21)36-14-10-12-33-36/h9-19H,1-8H3. The lowest BCUT2D eigenvalue weighted by Gasteiger charge is -2.32. The van der Waals surface area contributed by atoms with Crippen LogP contribution in [0.3, 0.4) is 0 Å². The first-order chi connectivity index (χ1) is 20.5. The van der Waals surface area contributed by atoms with Gasteiger partial charge >= 0.3 is 11.7 Å². The second-order valence-corrected chi connectivity index (χ2v) is 13.3. The van der Waals surface area contributed by atoms with Gasteiger partial charge in [-0.1, -0.05) is 10.1 Å². The topological polar surface area (TPSA) is 147 Å². The summed E-state index contributed by atoms with van der Waals surface area (Å²) in [4.78, 5) is 4.73. The van der Waals surface area contributed by atoms with Gasteiger partial charge in [0.1, 0.15) is 11.1 Å². The van der Waals surface area contributed by atoms with E-state index in [-0.39, 0.29) is 22.8 Å². The Morgan fingerprint density at radius 3 is 1.27 bits per heavy atom. The Kier molecular flexibility index (Phi) is 6.25. The SMILES string of the molecule is CC1(C)N([O])C(c2cc(C3=[N+]([O-])C(C)(C)C(C)(C)N3[O])cc(-c3cc(-n4cccn4)nc(-n4cccn4)c3)c2)=[N+]([O-])C1(C)C. The van der Waals surface area contributed by atoms with Crippen LogP contribution in [0.15, 0.2) is 67.3 Å². The predicted molar refractivity (Wildman–Crippen MR) is 161 cm³/mol. The van der Waals surface area contributed by atoms with Crippen molar-refractivity contribution in [3.63, 3.8) is 0 Å². The monoisotopic (exact) mass is 597 g/mol. The highest BCUT2D eigenvalue weighted by Crippen LogP contribution is 2.41. The molecule has 2 radical (unpaired) electrons. The van der Waals surface area contributed by atoms with Gasteiger partial charge in [0.25, 0.3) is 0 Å². The minimum atomic E-state index is -1.07. The van der Waals surface area contributed by atoms with Gasteiger partial charge in [0.15, 0.2) is 22.7 Å². The maximum absolute atomic E-state index is 13.7. The maximum Gasteiger partial charge on any atom is 0.316 e. The number of benzene rings is 1. The Labute approximate surface area is 255 Å². The molecule has 0 N–H and O–H groups in total. The van der Waals surface area contributed by atoms with E-state index in [9.17, 15) is 20.8 Å². The van der Waals surface area contributed by atoms with E-state index >= 15 is 0 Å². The molecule has 228 valence electrons. The van der Waals surface area contributed by atoms with E-state index in [1.54, 1.807) is 132 Å². The molecule has 0 amide bonds. The molecule has 44 heavy (non-hydrogen) atoms. The molecule has 5 heterocycles. The number of hydroxylamine groups is 6. The quantitative estimate of drug-likeness (QED) is 0.249. The molecule has 0 unspecified atom stereocenters. The van der Waals surface area contributed by atoms with E-state index in [2.05, 4.69) is 10.2 Å². The van der Waals surface area contributed by atoms with Crippen LogP contribution in [0.25, 0.3) is 22.8 Å². The molecule has 6 rings (SSSR count). The van der Waals surface area contributed by atoms with Crippen LogP contribution in [0, 0.1) is 10.4 Å². The number of hydrogen-bond acceptors (Lipinski definition) is 7. The van der Waals surface area contributed by atoms with Gasteiger partial charge in [-0.3, -0.25) is 9.48 Å². The number of pyridine rings is 1. The number of hydrogen-bond donors (Lipinski definition) is 0. The highest BCUT2D eigenvalue weighted by atomic mass is 16.5. The average molecular weight is 598 g/mol. The van der Waals surface area contributed by atoms with Gasteiger partial charge in [-0.05, 0) is 109 Å². The fourth-order valence-electron chi connectivity index (χ4n) is 5.45. The van der Waals surface area contributed by atoms with E-state index in [0.717, 1.165) is 19.6 Å². The Morgan fingerprint density at radius 1 is 0.591 bits per heavy atom. The molecule has 13 heteroatoms. The van der Waals surface area contributed by atoms with E-state index < -0.39 is 22.2 Å². The van der Waals surface area contributed by atoms with Crippen molar-refractivity contribution < 1.29 is 19.9 Å². The summed E-state index contributed by atoms with van der Waals surface area (Å²) in [6.45, 7) is 13.7. The number of rotatable bonds is 5.